The van der Waals surface area contributed by atoms with Crippen molar-refractivity contribution in [2.75, 3.05) is 23.7 Å². The van der Waals surface area contributed by atoms with Crippen molar-refractivity contribution >= 4 is 29.3 Å². The fraction of sp³-hybridized carbons (Fsp3) is 0.190. The highest BCUT2D eigenvalue weighted by atomic mass is 32.2. The van der Waals surface area contributed by atoms with E-state index in [0.717, 1.165) is 28.3 Å². The van der Waals surface area contributed by atoms with Crippen LogP contribution < -0.4 is 10.2 Å². The largest absolute Gasteiger partial charge is 0.354 e. The fourth-order valence-electron chi connectivity index (χ4n) is 3.11. The van der Waals surface area contributed by atoms with Crippen molar-refractivity contribution in [3.8, 4) is 5.69 Å². The van der Waals surface area contributed by atoms with Gasteiger partial charge in [0.25, 0.3) is 0 Å². The van der Waals surface area contributed by atoms with Gasteiger partial charge in [-0.2, -0.15) is 5.10 Å². The SMILES string of the molecule is O=C(CN1C(=O)CSc2ccccc21)NCCc1ccc(-n2cccn2)cc1. The zero-order chi connectivity index (χ0) is 19.3. The number of para-hydroxylation sites is 1. The molecule has 0 bridgehead atoms. The summed E-state index contributed by atoms with van der Waals surface area (Å²) >= 11 is 1.51. The molecule has 0 radical (unpaired) electrons. The number of carbonyl (C=O) groups excluding carboxylic acids is 2. The molecule has 3 aromatic rings. The summed E-state index contributed by atoms with van der Waals surface area (Å²) in [5.41, 5.74) is 2.94. The van der Waals surface area contributed by atoms with Crippen LogP contribution in [0.2, 0.25) is 0 Å². The van der Waals surface area contributed by atoms with E-state index in [2.05, 4.69) is 10.4 Å². The van der Waals surface area contributed by atoms with Gasteiger partial charge in [0.15, 0.2) is 0 Å². The molecule has 1 aliphatic rings. The van der Waals surface area contributed by atoms with Gasteiger partial charge in [0.1, 0.15) is 6.54 Å². The first kappa shape index (κ1) is 18.3. The first-order valence-electron chi connectivity index (χ1n) is 9.08. The van der Waals surface area contributed by atoms with Gasteiger partial charge >= 0.3 is 0 Å². The average Bonchev–Trinajstić information content (AvgIpc) is 3.26. The van der Waals surface area contributed by atoms with E-state index in [9.17, 15) is 9.59 Å². The highest BCUT2D eigenvalue weighted by Crippen LogP contribution is 2.34. The van der Waals surface area contributed by atoms with E-state index in [4.69, 9.17) is 0 Å². The predicted molar refractivity (Wildman–Crippen MR) is 110 cm³/mol. The maximum Gasteiger partial charge on any atom is 0.240 e. The van der Waals surface area contributed by atoms with Gasteiger partial charge < -0.3 is 10.2 Å². The minimum Gasteiger partial charge on any atom is -0.354 e. The zero-order valence-electron chi connectivity index (χ0n) is 15.2. The molecule has 4 rings (SSSR count). The average molecular weight is 392 g/mol. The summed E-state index contributed by atoms with van der Waals surface area (Å²) in [6, 6.07) is 17.6. The third-order valence-corrected chi connectivity index (χ3v) is 5.60. The number of aromatic nitrogens is 2. The second-order valence-electron chi connectivity index (χ2n) is 6.45. The molecule has 0 fully saturated rings. The molecule has 1 aliphatic heterocycles. The quantitative estimate of drug-likeness (QED) is 0.700. The van der Waals surface area contributed by atoms with Crippen LogP contribution in [0.1, 0.15) is 5.56 Å². The number of thioether (sulfide) groups is 1. The van der Waals surface area contributed by atoms with Gasteiger partial charge in [0, 0.05) is 23.8 Å². The van der Waals surface area contributed by atoms with Gasteiger partial charge in [-0.1, -0.05) is 24.3 Å². The minimum atomic E-state index is -0.150. The van der Waals surface area contributed by atoms with Crippen LogP contribution >= 0.6 is 11.8 Å². The summed E-state index contributed by atoms with van der Waals surface area (Å²) in [7, 11) is 0. The summed E-state index contributed by atoms with van der Waals surface area (Å²) in [5, 5.41) is 7.12. The molecule has 2 aromatic carbocycles. The normalized spacial score (nSPS) is 13.3. The standard InChI is InChI=1S/C21H20N4O2S/c26-20(14-24-18-4-1-2-5-19(18)28-15-21(24)27)22-12-10-16-6-8-17(9-7-16)25-13-3-11-23-25/h1-9,11,13H,10,12,14-15H2,(H,22,26). The molecule has 2 heterocycles. The Morgan fingerprint density at radius 1 is 1.11 bits per heavy atom. The number of hydrogen-bond acceptors (Lipinski definition) is 4. The van der Waals surface area contributed by atoms with Gasteiger partial charge in [-0.3, -0.25) is 9.59 Å². The Kier molecular flexibility index (Phi) is 5.43. The first-order chi connectivity index (χ1) is 13.7. The van der Waals surface area contributed by atoms with Crippen LogP contribution in [-0.2, 0) is 16.0 Å². The molecule has 1 aromatic heterocycles. The van der Waals surface area contributed by atoms with Crippen LogP contribution in [0.25, 0.3) is 5.69 Å². The number of hydrogen-bond donors (Lipinski definition) is 1. The molecule has 6 nitrogen and oxygen atoms in total. The van der Waals surface area contributed by atoms with Crippen molar-refractivity contribution in [1.29, 1.82) is 0 Å². The lowest BCUT2D eigenvalue weighted by Gasteiger charge is -2.28. The summed E-state index contributed by atoms with van der Waals surface area (Å²) in [6.07, 6.45) is 4.37. The van der Waals surface area contributed by atoms with Crippen molar-refractivity contribution in [2.24, 2.45) is 0 Å². The Morgan fingerprint density at radius 2 is 1.93 bits per heavy atom. The van der Waals surface area contributed by atoms with Gasteiger partial charge in [0.05, 0.1) is 17.1 Å². The number of fused-ring (bicyclic) bond motifs is 1. The fourth-order valence-corrected chi connectivity index (χ4v) is 4.05. The molecule has 0 aliphatic carbocycles. The number of amides is 2. The van der Waals surface area contributed by atoms with E-state index in [1.165, 1.54) is 11.8 Å². The molecule has 1 N–H and O–H groups in total. The number of nitrogens with zero attached hydrogens (tertiary/aromatic N) is 3. The van der Waals surface area contributed by atoms with Gasteiger partial charge in [-0.15, -0.1) is 11.8 Å². The van der Waals surface area contributed by atoms with E-state index in [1.807, 2.05) is 60.8 Å². The Bertz CT molecular complexity index is 970. The monoisotopic (exact) mass is 392 g/mol. The molecular weight excluding hydrogens is 372 g/mol. The Balaban J connectivity index is 1.30. The van der Waals surface area contributed by atoms with Crippen molar-refractivity contribution in [3.63, 3.8) is 0 Å². The molecule has 7 heteroatoms. The number of anilines is 1. The lowest BCUT2D eigenvalue weighted by atomic mass is 10.1. The Labute approximate surface area is 167 Å². The third-order valence-electron chi connectivity index (χ3n) is 4.55. The molecule has 0 spiro atoms. The maximum absolute atomic E-state index is 12.3. The van der Waals surface area contributed by atoms with E-state index in [0.29, 0.717) is 12.3 Å². The van der Waals surface area contributed by atoms with E-state index < -0.39 is 0 Å². The van der Waals surface area contributed by atoms with Crippen molar-refractivity contribution in [2.45, 2.75) is 11.3 Å². The van der Waals surface area contributed by atoms with Crippen LogP contribution in [0.4, 0.5) is 5.69 Å². The molecule has 2 amide bonds. The van der Waals surface area contributed by atoms with E-state index >= 15 is 0 Å². The molecule has 0 unspecified atom stereocenters. The van der Waals surface area contributed by atoms with Gasteiger partial charge in [0.2, 0.25) is 11.8 Å². The lowest BCUT2D eigenvalue weighted by molar-refractivity contribution is -0.122. The second-order valence-corrected chi connectivity index (χ2v) is 7.47. The number of nitrogens with one attached hydrogen (secondary N) is 1. The molecule has 0 atom stereocenters. The number of carbonyl (C=O) groups is 2. The summed E-state index contributed by atoms with van der Waals surface area (Å²) in [5.74, 6) is 0.184. The van der Waals surface area contributed by atoms with Crippen molar-refractivity contribution in [3.05, 3.63) is 72.6 Å². The molecule has 0 saturated heterocycles. The summed E-state index contributed by atoms with van der Waals surface area (Å²) < 4.78 is 1.80. The van der Waals surface area contributed by atoms with Gasteiger partial charge in [-0.05, 0) is 42.3 Å². The third kappa shape index (κ3) is 4.09. The summed E-state index contributed by atoms with van der Waals surface area (Å²) in [4.78, 5) is 27.2. The number of benzene rings is 2. The highest BCUT2D eigenvalue weighted by Gasteiger charge is 2.25. The second kappa shape index (κ2) is 8.31. The highest BCUT2D eigenvalue weighted by molar-refractivity contribution is 8.00. The van der Waals surface area contributed by atoms with Crippen LogP contribution in [0, 0.1) is 0 Å². The Morgan fingerprint density at radius 3 is 2.71 bits per heavy atom. The van der Waals surface area contributed by atoms with Crippen LogP contribution in [-0.4, -0.2) is 40.4 Å². The van der Waals surface area contributed by atoms with Crippen LogP contribution in [0.3, 0.4) is 0 Å². The summed E-state index contributed by atoms with van der Waals surface area (Å²) in [6.45, 7) is 0.576. The molecule has 142 valence electrons. The van der Waals surface area contributed by atoms with E-state index in [1.54, 1.807) is 15.8 Å². The predicted octanol–water partition coefficient (Wildman–Crippen LogP) is 2.67. The van der Waals surface area contributed by atoms with Crippen LogP contribution in [0.15, 0.2) is 71.9 Å². The first-order valence-corrected chi connectivity index (χ1v) is 10.1. The topological polar surface area (TPSA) is 67.2 Å². The van der Waals surface area contributed by atoms with Crippen molar-refractivity contribution < 1.29 is 9.59 Å². The molecule has 0 saturated carbocycles. The minimum absolute atomic E-state index is 0.0342. The smallest absolute Gasteiger partial charge is 0.240 e. The van der Waals surface area contributed by atoms with Gasteiger partial charge in [-0.25, -0.2) is 4.68 Å². The number of rotatable bonds is 6. The lowest BCUT2D eigenvalue weighted by Crippen LogP contribution is -2.43. The maximum atomic E-state index is 12.3. The van der Waals surface area contributed by atoms with E-state index in [-0.39, 0.29) is 18.4 Å². The van der Waals surface area contributed by atoms with Crippen LogP contribution in [0.5, 0.6) is 0 Å². The molecular formula is C21H20N4O2S. The van der Waals surface area contributed by atoms with Crippen molar-refractivity contribution in [1.82, 2.24) is 15.1 Å². The Hall–Kier alpha value is -3.06. The zero-order valence-corrected chi connectivity index (χ0v) is 16.1. The molecule has 28 heavy (non-hydrogen) atoms.